The van der Waals surface area contributed by atoms with Crippen molar-refractivity contribution in [1.82, 2.24) is 9.55 Å². The minimum absolute atomic E-state index is 0.201. The lowest BCUT2D eigenvalue weighted by Gasteiger charge is -2.14. The summed E-state index contributed by atoms with van der Waals surface area (Å²) < 4.78 is 18.0. The number of nitriles is 1. The van der Waals surface area contributed by atoms with Crippen molar-refractivity contribution in [3.63, 3.8) is 0 Å². The molecule has 0 saturated carbocycles. The molecule has 3 rings (SSSR count). The Bertz CT molecular complexity index is 900. The number of methoxy groups -OCH3 is 3. The highest BCUT2D eigenvalue weighted by atomic mass is 16.5. The summed E-state index contributed by atoms with van der Waals surface area (Å²) in [5, 5.41) is 9.18. The number of para-hydroxylation sites is 2. The van der Waals surface area contributed by atoms with Gasteiger partial charge in [0.2, 0.25) is 5.75 Å². The quantitative estimate of drug-likeness (QED) is 0.721. The van der Waals surface area contributed by atoms with Crippen molar-refractivity contribution in [1.29, 1.82) is 5.26 Å². The van der Waals surface area contributed by atoms with E-state index in [4.69, 9.17) is 14.2 Å². The van der Waals surface area contributed by atoms with Gasteiger partial charge in [0, 0.05) is 5.56 Å². The van der Waals surface area contributed by atoms with Gasteiger partial charge in [-0.2, -0.15) is 5.26 Å². The number of nitrogens with zero attached hydrogens (tertiary/aromatic N) is 3. The molecule has 0 amide bonds. The SMILES string of the molecule is COc1cc(-c2nc3ccccc3n2CC#N)cc(OC)c1OC. The molecule has 1 aromatic heterocycles. The Morgan fingerprint density at radius 3 is 2.29 bits per heavy atom. The Hall–Kier alpha value is -3.20. The van der Waals surface area contributed by atoms with Gasteiger partial charge in [-0.15, -0.1) is 0 Å². The van der Waals surface area contributed by atoms with E-state index in [1.807, 2.05) is 41.0 Å². The molecule has 3 aromatic rings. The monoisotopic (exact) mass is 323 g/mol. The highest BCUT2D eigenvalue weighted by Gasteiger charge is 2.18. The molecule has 0 aliphatic rings. The van der Waals surface area contributed by atoms with Crippen LogP contribution >= 0.6 is 0 Å². The minimum Gasteiger partial charge on any atom is -0.493 e. The molecule has 0 aliphatic heterocycles. The number of hydrogen-bond acceptors (Lipinski definition) is 5. The molecule has 0 radical (unpaired) electrons. The molecule has 24 heavy (non-hydrogen) atoms. The van der Waals surface area contributed by atoms with Crippen molar-refractivity contribution in [2.24, 2.45) is 0 Å². The van der Waals surface area contributed by atoms with Gasteiger partial charge in [-0.3, -0.25) is 0 Å². The van der Waals surface area contributed by atoms with Crippen molar-refractivity contribution in [3.8, 4) is 34.7 Å². The standard InChI is InChI=1S/C18H17N3O3/c1-22-15-10-12(11-16(23-2)17(15)24-3)18-20-13-6-4-5-7-14(13)21(18)9-8-19/h4-7,10-11H,9H2,1-3H3. The smallest absolute Gasteiger partial charge is 0.203 e. The molecule has 0 saturated heterocycles. The average Bonchev–Trinajstić information content (AvgIpc) is 2.99. The van der Waals surface area contributed by atoms with Crippen LogP contribution in [0.4, 0.5) is 0 Å². The molecule has 0 unspecified atom stereocenters. The first-order valence-electron chi connectivity index (χ1n) is 7.36. The van der Waals surface area contributed by atoms with Crippen LogP contribution in [-0.2, 0) is 6.54 Å². The molecular weight excluding hydrogens is 306 g/mol. The molecule has 0 aliphatic carbocycles. The summed E-state index contributed by atoms with van der Waals surface area (Å²) in [7, 11) is 4.70. The normalized spacial score (nSPS) is 10.4. The number of benzene rings is 2. The number of aromatic nitrogens is 2. The summed E-state index contributed by atoms with van der Waals surface area (Å²) in [6, 6.07) is 13.6. The maximum absolute atomic E-state index is 9.18. The molecule has 0 spiro atoms. The average molecular weight is 323 g/mol. The van der Waals surface area contributed by atoms with Crippen molar-refractivity contribution >= 4 is 11.0 Å². The van der Waals surface area contributed by atoms with E-state index < -0.39 is 0 Å². The van der Waals surface area contributed by atoms with Gasteiger partial charge in [0.05, 0.1) is 38.4 Å². The van der Waals surface area contributed by atoms with E-state index in [2.05, 4.69) is 11.1 Å². The van der Waals surface area contributed by atoms with E-state index in [-0.39, 0.29) is 6.54 Å². The summed E-state index contributed by atoms with van der Waals surface area (Å²) in [6.45, 7) is 0.201. The first-order chi connectivity index (χ1) is 11.7. The van der Waals surface area contributed by atoms with Gasteiger partial charge in [0.25, 0.3) is 0 Å². The maximum Gasteiger partial charge on any atom is 0.203 e. The van der Waals surface area contributed by atoms with Crippen LogP contribution in [0.2, 0.25) is 0 Å². The lowest BCUT2D eigenvalue weighted by atomic mass is 10.1. The van der Waals surface area contributed by atoms with Crippen molar-refractivity contribution < 1.29 is 14.2 Å². The van der Waals surface area contributed by atoms with Crippen LogP contribution in [0.3, 0.4) is 0 Å². The fourth-order valence-corrected chi connectivity index (χ4v) is 2.74. The zero-order chi connectivity index (χ0) is 17.1. The second-order valence-electron chi connectivity index (χ2n) is 5.08. The Morgan fingerprint density at radius 2 is 1.71 bits per heavy atom. The molecule has 0 bridgehead atoms. The van der Waals surface area contributed by atoms with Crippen LogP contribution < -0.4 is 14.2 Å². The number of rotatable bonds is 5. The minimum atomic E-state index is 0.201. The van der Waals surface area contributed by atoms with Crippen molar-refractivity contribution in [3.05, 3.63) is 36.4 Å². The van der Waals surface area contributed by atoms with Crippen LogP contribution in [0.1, 0.15) is 0 Å². The van der Waals surface area contributed by atoms with Crippen LogP contribution in [0.15, 0.2) is 36.4 Å². The number of hydrogen-bond donors (Lipinski definition) is 0. The van der Waals surface area contributed by atoms with E-state index in [1.165, 1.54) is 0 Å². The Morgan fingerprint density at radius 1 is 1.04 bits per heavy atom. The molecule has 6 nitrogen and oxygen atoms in total. The fourth-order valence-electron chi connectivity index (χ4n) is 2.74. The van der Waals surface area contributed by atoms with E-state index in [1.54, 1.807) is 21.3 Å². The van der Waals surface area contributed by atoms with Gasteiger partial charge in [-0.05, 0) is 24.3 Å². The Kier molecular flexibility index (Phi) is 4.25. The second kappa shape index (κ2) is 6.50. The van der Waals surface area contributed by atoms with Gasteiger partial charge in [0.15, 0.2) is 11.5 Å². The molecule has 6 heteroatoms. The second-order valence-corrected chi connectivity index (χ2v) is 5.08. The molecule has 1 heterocycles. The Balaban J connectivity index is 2.27. The highest BCUT2D eigenvalue weighted by Crippen LogP contribution is 2.41. The summed E-state index contributed by atoms with van der Waals surface area (Å²) in [5.74, 6) is 2.29. The Labute approximate surface area is 139 Å². The van der Waals surface area contributed by atoms with Crippen LogP contribution in [0.25, 0.3) is 22.4 Å². The third-order valence-corrected chi connectivity index (χ3v) is 3.81. The molecule has 0 atom stereocenters. The summed E-state index contributed by atoms with van der Waals surface area (Å²) in [5.41, 5.74) is 2.52. The van der Waals surface area contributed by atoms with E-state index >= 15 is 0 Å². The number of ether oxygens (including phenoxy) is 3. The largest absolute Gasteiger partial charge is 0.493 e. The van der Waals surface area contributed by atoms with Gasteiger partial charge in [0.1, 0.15) is 12.4 Å². The number of fused-ring (bicyclic) bond motifs is 1. The number of imidazole rings is 1. The zero-order valence-electron chi connectivity index (χ0n) is 13.7. The first kappa shape index (κ1) is 15.7. The third-order valence-electron chi connectivity index (χ3n) is 3.81. The van der Waals surface area contributed by atoms with Gasteiger partial charge >= 0.3 is 0 Å². The molecule has 122 valence electrons. The van der Waals surface area contributed by atoms with Gasteiger partial charge < -0.3 is 18.8 Å². The summed E-state index contributed by atoms with van der Waals surface area (Å²) in [4.78, 5) is 4.67. The molecule has 2 aromatic carbocycles. The van der Waals surface area contributed by atoms with Crippen LogP contribution in [0.5, 0.6) is 17.2 Å². The zero-order valence-corrected chi connectivity index (χ0v) is 13.7. The topological polar surface area (TPSA) is 69.3 Å². The van der Waals surface area contributed by atoms with Crippen LogP contribution in [0, 0.1) is 11.3 Å². The predicted octanol–water partition coefficient (Wildman–Crippen LogP) is 3.25. The first-order valence-corrected chi connectivity index (χ1v) is 7.36. The van der Waals surface area contributed by atoms with E-state index in [0.717, 1.165) is 16.6 Å². The van der Waals surface area contributed by atoms with Crippen molar-refractivity contribution in [2.45, 2.75) is 6.54 Å². The third kappa shape index (κ3) is 2.50. The lowest BCUT2D eigenvalue weighted by molar-refractivity contribution is 0.324. The van der Waals surface area contributed by atoms with Gasteiger partial charge in [-0.1, -0.05) is 12.1 Å². The van der Waals surface area contributed by atoms with E-state index in [0.29, 0.717) is 23.1 Å². The predicted molar refractivity (Wildman–Crippen MR) is 90.4 cm³/mol. The lowest BCUT2D eigenvalue weighted by Crippen LogP contribution is -2.01. The summed E-state index contributed by atoms with van der Waals surface area (Å²) >= 11 is 0. The maximum atomic E-state index is 9.18. The summed E-state index contributed by atoms with van der Waals surface area (Å²) in [6.07, 6.45) is 0. The van der Waals surface area contributed by atoms with Gasteiger partial charge in [-0.25, -0.2) is 4.98 Å². The van der Waals surface area contributed by atoms with Crippen molar-refractivity contribution in [2.75, 3.05) is 21.3 Å². The van der Waals surface area contributed by atoms with Crippen LogP contribution in [-0.4, -0.2) is 30.9 Å². The molecular formula is C18H17N3O3. The van der Waals surface area contributed by atoms with E-state index in [9.17, 15) is 5.26 Å². The molecule has 0 N–H and O–H groups in total. The fraction of sp³-hybridized carbons (Fsp3) is 0.222. The molecule has 0 fully saturated rings. The highest BCUT2D eigenvalue weighted by molar-refractivity contribution is 5.81.